The molecule has 0 aromatic heterocycles. The zero-order valence-electron chi connectivity index (χ0n) is 6.24. The maximum Gasteiger partial charge on any atom is 0.160 e. The van der Waals surface area contributed by atoms with Crippen molar-refractivity contribution in [2.75, 3.05) is 7.11 Å². The lowest BCUT2D eigenvalue weighted by molar-refractivity contribution is -0.165. The summed E-state index contributed by atoms with van der Waals surface area (Å²) in [6.07, 6.45) is 1.83. The maximum atomic E-state index is 5.44. The molecule has 2 aliphatic rings. The fourth-order valence-corrected chi connectivity index (χ4v) is 1.47. The molecule has 0 radical (unpaired) electrons. The van der Waals surface area contributed by atoms with E-state index in [1.54, 1.807) is 7.11 Å². The Morgan fingerprint density at radius 2 is 2.20 bits per heavy atom. The monoisotopic (exact) mass is 144 g/mol. The average molecular weight is 144 g/mol. The van der Waals surface area contributed by atoms with E-state index in [0.717, 1.165) is 6.42 Å². The van der Waals surface area contributed by atoms with Crippen molar-refractivity contribution in [1.82, 2.24) is 0 Å². The first-order valence-corrected chi connectivity index (χ1v) is 3.65. The SMILES string of the molecule is COC1C[C@H]2O[C@H]2[C@H](C)O1. The van der Waals surface area contributed by atoms with Gasteiger partial charge in [0.25, 0.3) is 0 Å². The van der Waals surface area contributed by atoms with E-state index in [-0.39, 0.29) is 12.4 Å². The highest BCUT2D eigenvalue weighted by Gasteiger charge is 2.49. The molecule has 10 heavy (non-hydrogen) atoms. The highest BCUT2D eigenvalue weighted by atomic mass is 16.7. The fraction of sp³-hybridized carbons (Fsp3) is 1.00. The number of ether oxygens (including phenoxy) is 3. The predicted octanol–water partition coefficient (Wildman–Crippen LogP) is 0.535. The number of hydrogen-bond donors (Lipinski definition) is 0. The van der Waals surface area contributed by atoms with E-state index in [1.807, 2.05) is 6.92 Å². The Kier molecular flexibility index (Phi) is 1.44. The standard InChI is InChI=1S/C7H12O3/c1-4-7-5(10-7)3-6(8-2)9-4/h4-7H,3H2,1-2H3/t4-,5+,6?,7-/m0/s1. The zero-order valence-corrected chi connectivity index (χ0v) is 6.24. The molecule has 2 saturated heterocycles. The summed E-state index contributed by atoms with van der Waals surface area (Å²) in [7, 11) is 1.67. The molecule has 0 aromatic rings. The minimum Gasteiger partial charge on any atom is -0.367 e. The summed E-state index contributed by atoms with van der Waals surface area (Å²) >= 11 is 0. The Hall–Kier alpha value is -0.120. The van der Waals surface area contributed by atoms with E-state index < -0.39 is 0 Å². The third-order valence-electron chi connectivity index (χ3n) is 2.14. The molecule has 2 heterocycles. The van der Waals surface area contributed by atoms with Crippen molar-refractivity contribution >= 4 is 0 Å². The van der Waals surface area contributed by atoms with Crippen LogP contribution >= 0.6 is 0 Å². The van der Waals surface area contributed by atoms with Crippen LogP contribution in [0.15, 0.2) is 0 Å². The van der Waals surface area contributed by atoms with Gasteiger partial charge in [0.05, 0.1) is 12.2 Å². The summed E-state index contributed by atoms with van der Waals surface area (Å²) in [5.41, 5.74) is 0. The molecule has 0 amide bonds. The predicted molar refractivity (Wildman–Crippen MR) is 34.6 cm³/mol. The normalized spacial score (nSPS) is 52.2. The summed E-state index contributed by atoms with van der Waals surface area (Å²) in [5.74, 6) is 0. The lowest BCUT2D eigenvalue weighted by Crippen LogP contribution is -2.32. The first-order chi connectivity index (χ1) is 4.81. The van der Waals surface area contributed by atoms with Crippen molar-refractivity contribution in [3.8, 4) is 0 Å². The highest BCUT2D eigenvalue weighted by molar-refractivity contribution is 4.93. The average Bonchev–Trinajstić information content (AvgIpc) is 2.66. The number of epoxide rings is 1. The lowest BCUT2D eigenvalue weighted by atomic mass is 10.1. The molecule has 1 unspecified atom stereocenters. The van der Waals surface area contributed by atoms with Gasteiger partial charge < -0.3 is 14.2 Å². The van der Waals surface area contributed by atoms with E-state index in [2.05, 4.69) is 0 Å². The van der Waals surface area contributed by atoms with Crippen molar-refractivity contribution in [2.24, 2.45) is 0 Å². The van der Waals surface area contributed by atoms with Gasteiger partial charge in [-0.25, -0.2) is 0 Å². The molecule has 0 N–H and O–H groups in total. The van der Waals surface area contributed by atoms with E-state index >= 15 is 0 Å². The minimum absolute atomic E-state index is 0.0428. The number of methoxy groups -OCH3 is 1. The molecule has 3 nitrogen and oxygen atoms in total. The second-order valence-corrected chi connectivity index (χ2v) is 2.88. The number of fused-ring (bicyclic) bond motifs is 1. The Morgan fingerprint density at radius 3 is 2.80 bits per heavy atom. The first kappa shape index (κ1) is 6.58. The Morgan fingerprint density at radius 1 is 1.40 bits per heavy atom. The minimum atomic E-state index is -0.0428. The number of rotatable bonds is 1. The van der Waals surface area contributed by atoms with Crippen LogP contribution in [0.5, 0.6) is 0 Å². The molecule has 0 spiro atoms. The van der Waals surface area contributed by atoms with E-state index in [1.165, 1.54) is 0 Å². The van der Waals surface area contributed by atoms with Gasteiger partial charge in [0.2, 0.25) is 0 Å². The van der Waals surface area contributed by atoms with Crippen LogP contribution in [-0.2, 0) is 14.2 Å². The summed E-state index contributed by atoms with van der Waals surface area (Å²) in [4.78, 5) is 0. The van der Waals surface area contributed by atoms with E-state index in [9.17, 15) is 0 Å². The highest BCUT2D eigenvalue weighted by Crippen LogP contribution is 2.36. The van der Waals surface area contributed by atoms with Crippen LogP contribution in [-0.4, -0.2) is 31.7 Å². The largest absolute Gasteiger partial charge is 0.367 e. The first-order valence-electron chi connectivity index (χ1n) is 3.65. The smallest absolute Gasteiger partial charge is 0.160 e. The molecule has 2 aliphatic heterocycles. The summed E-state index contributed by atoms with van der Waals surface area (Å²) in [5, 5.41) is 0. The second-order valence-electron chi connectivity index (χ2n) is 2.88. The third-order valence-corrected chi connectivity index (χ3v) is 2.14. The van der Waals surface area contributed by atoms with E-state index in [4.69, 9.17) is 14.2 Å². The van der Waals surface area contributed by atoms with Crippen LogP contribution in [0.4, 0.5) is 0 Å². The van der Waals surface area contributed by atoms with Gasteiger partial charge >= 0.3 is 0 Å². The molecular formula is C7H12O3. The van der Waals surface area contributed by atoms with Gasteiger partial charge in [-0.2, -0.15) is 0 Å². The second kappa shape index (κ2) is 2.19. The van der Waals surface area contributed by atoms with Crippen LogP contribution in [0.3, 0.4) is 0 Å². The fourth-order valence-electron chi connectivity index (χ4n) is 1.47. The summed E-state index contributed by atoms with van der Waals surface area (Å²) in [6.45, 7) is 2.02. The van der Waals surface area contributed by atoms with Gasteiger partial charge in [-0.05, 0) is 6.92 Å². The molecule has 2 fully saturated rings. The zero-order chi connectivity index (χ0) is 7.14. The van der Waals surface area contributed by atoms with Crippen LogP contribution < -0.4 is 0 Å². The van der Waals surface area contributed by atoms with Crippen molar-refractivity contribution in [3.63, 3.8) is 0 Å². The maximum absolute atomic E-state index is 5.44. The van der Waals surface area contributed by atoms with Crippen LogP contribution in [0.1, 0.15) is 13.3 Å². The van der Waals surface area contributed by atoms with Crippen LogP contribution in [0.25, 0.3) is 0 Å². The molecule has 0 bridgehead atoms. The van der Waals surface area contributed by atoms with Crippen molar-refractivity contribution < 1.29 is 14.2 Å². The van der Waals surface area contributed by atoms with Gasteiger partial charge in [0, 0.05) is 13.5 Å². The molecule has 3 heteroatoms. The Balaban J connectivity index is 1.93. The van der Waals surface area contributed by atoms with Gasteiger partial charge in [0.1, 0.15) is 6.10 Å². The van der Waals surface area contributed by atoms with Gasteiger partial charge in [0.15, 0.2) is 6.29 Å². The number of hydrogen-bond acceptors (Lipinski definition) is 3. The van der Waals surface area contributed by atoms with Gasteiger partial charge in [-0.1, -0.05) is 0 Å². The Bertz CT molecular complexity index is 137. The quantitative estimate of drug-likeness (QED) is 0.503. The molecule has 4 atom stereocenters. The topological polar surface area (TPSA) is 31.0 Å². The van der Waals surface area contributed by atoms with Crippen molar-refractivity contribution in [1.29, 1.82) is 0 Å². The van der Waals surface area contributed by atoms with Crippen LogP contribution in [0, 0.1) is 0 Å². The molecule has 0 aliphatic carbocycles. The molecule has 2 rings (SSSR count). The molecule has 58 valence electrons. The van der Waals surface area contributed by atoms with Gasteiger partial charge in [-0.15, -0.1) is 0 Å². The Labute approximate surface area is 60.3 Å². The lowest BCUT2D eigenvalue weighted by Gasteiger charge is -2.22. The van der Waals surface area contributed by atoms with Gasteiger partial charge in [-0.3, -0.25) is 0 Å². The van der Waals surface area contributed by atoms with Crippen molar-refractivity contribution in [3.05, 3.63) is 0 Å². The third kappa shape index (κ3) is 0.944. The summed E-state index contributed by atoms with van der Waals surface area (Å²) < 4.78 is 15.8. The molecular weight excluding hydrogens is 132 g/mol. The molecule has 0 aromatic carbocycles. The van der Waals surface area contributed by atoms with Crippen molar-refractivity contribution in [2.45, 2.75) is 37.9 Å². The van der Waals surface area contributed by atoms with Crippen LogP contribution in [0.2, 0.25) is 0 Å². The molecule has 0 saturated carbocycles. The summed E-state index contributed by atoms with van der Waals surface area (Å²) in [6, 6.07) is 0. The van der Waals surface area contributed by atoms with E-state index in [0.29, 0.717) is 12.2 Å².